The lowest BCUT2D eigenvalue weighted by atomic mass is 9.99. The van der Waals surface area contributed by atoms with Crippen LogP contribution in [-0.2, 0) is 12.8 Å². The van der Waals surface area contributed by atoms with Gasteiger partial charge in [0.25, 0.3) is 0 Å². The molecule has 108 valence electrons. The van der Waals surface area contributed by atoms with Gasteiger partial charge in [-0.3, -0.25) is 0 Å². The van der Waals surface area contributed by atoms with Gasteiger partial charge in [0.2, 0.25) is 0 Å². The number of hydrogen-bond donors (Lipinski definition) is 1. The lowest BCUT2D eigenvalue weighted by molar-refractivity contribution is 0.500. The zero-order chi connectivity index (χ0) is 14.2. The fourth-order valence-corrected chi connectivity index (χ4v) is 3.16. The minimum Gasteiger partial charge on any atom is -0.310 e. The number of rotatable bonds is 8. The number of thiophene rings is 1. The Kier molecular flexibility index (Phi) is 6.28. The Morgan fingerprint density at radius 2 is 1.90 bits per heavy atom. The molecule has 0 aliphatic rings. The van der Waals surface area contributed by atoms with Gasteiger partial charge in [0.05, 0.1) is 0 Å². The predicted molar refractivity (Wildman–Crippen MR) is 89.5 cm³/mol. The third-order valence-corrected chi connectivity index (χ3v) is 4.63. The molecule has 0 amide bonds. The van der Waals surface area contributed by atoms with Crippen LogP contribution in [0.5, 0.6) is 0 Å². The van der Waals surface area contributed by atoms with E-state index in [1.807, 2.05) is 11.3 Å². The van der Waals surface area contributed by atoms with Crippen molar-refractivity contribution in [3.05, 3.63) is 57.8 Å². The van der Waals surface area contributed by atoms with Crippen molar-refractivity contribution in [1.29, 1.82) is 0 Å². The minimum atomic E-state index is 0.475. The van der Waals surface area contributed by atoms with E-state index >= 15 is 0 Å². The molecule has 0 aliphatic heterocycles. The molecular formula is C18H25NS. The Labute approximate surface area is 127 Å². The molecular weight excluding hydrogens is 262 g/mol. The van der Waals surface area contributed by atoms with Gasteiger partial charge < -0.3 is 5.32 Å². The van der Waals surface area contributed by atoms with Gasteiger partial charge in [-0.1, -0.05) is 44.2 Å². The summed E-state index contributed by atoms with van der Waals surface area (Å²) in [7, 11) is 0. The second-order valence-electron chi connectivity index (χ2n) is 5.22. The maximum Gasteiger partial charge on any atom is 0.0323 e. The highest BCUT2D eigenvalue weighted by atomic mass is 32.1. The molecule has 20 heavy (non-hydrogen) atoms. The van der Waals surface area contributed by atoms with Crippen LogP contribution >= 0.6 is 11.3 Å². The summed E-state index contributed by atoms with van der Waals surface area (Å²) >= 11 is 1.86. The lowest BCUT2D eigenvalue weighted by Gasteiger charge is -2.19. The van der Waals surface area contributed by atoms with Gasteiger partial charge >= 0.3 is 0 Å². The molecule has 1 atom stereocenters. The molecule has 2 aromatic rings. The molecule has 2 heteroatoms. The Hall–Kier alpha value is -1.12. The molecule has 1 aromatic heterocycles. The van der Waals surface area contributed by atoms with Crippen molar-refractivity contribution >= 4 is 11.3 Å². The monoisotopic (exact) mass is 287 g/mol. The predicted octanol–water partition coefficient (Wildman–Crippen LogP) is 4.98. The zero-order valence-electron chi connectivity index (χ0n) is 12.6. The van der Waals surface area contributed by atoms with E-state index < -0.39 is 0 Å². The van der Waals surface area contributed by atoms with Gasteiger partial charge in [0.15, 0.2) is 0 Å². The maximum absolute atomic E-state index is 3.69. The molecule has 0 radical (unpaired) electrons. The third kappa shape index (κ3) is 4.46. The first-order valence-electron chi connectivity index (χ1n) is 7.68. The maximum atomic E-state index is 3.69. The molecule has 1 aromatic carbocycles. The smallest absolute Gasteiger partial charge is 0.0323 e. The van der Waals surface area contributed by atoms with Gasteiger partial charge in [0.1, 0.15) is 0 Å². The standard InChI is InChI=1S/C18H25NS/c1-3-13-19-18(12-11-17-6-5-14-20-17)16-9-7-15(4-2)8-10-16/h5-10,14,18-19H,3-4,11-13H2,1-2H3. The van der Waals surface area contributed by atoms with Crippen LogP contribution in [0.25, 0.3) is 0 Å². The summed E-state index contributed by atoms with van der Waals surface area (Å²) < 4.78 is 0. The first kappa shape index (κ1) is 15.3. The van der Waals surface area contributed by atoms with Gasteiger partial charge in [-0.25, -0.2) is 0 Å². The molecule has 0 saturated carbocycles. The van der Waals surface area contributed by atoms with E-state index in [2.05, 4.69) is 60.9 Å². The van der Waals surface area contributed by atoms with Crippen LogP contribution in [0.1, 0.15) is 48.7 Å². The Bertz CT molecular complexity index is 473. The molecule has 0 fully saturated rings. The summed E-state index contributed by atoms with van der Waals surface area (Å²) in [5.74, 6) is 0. The number of aryl methyl sites for hydroxylation is 2. The fraction of sp³-hybridized carbons (Fsp3) is 0.444. The highest BCUT2D eigenvalue weighted by Crippen LogP contribution is 2.22. The average Bonchev–Trinajstić information content (AvgIpc) is 3.01. The summed E-state index contributed by atoms with van der Waals surface area (Å²) in [5, 5.41) is 5.86. The molecule has 0 saturated heterocycles. The summed E-state index contributed by atoms with van der Waals surface area (Å²) in [6, 6.07) is 14.0. The first-order valence-corrected chi connectivity index (χ1v) is 8.56. The van der Waals surface area contributed by atoms with E-state index in [1.165, 1.54) is 28.8 Å². The molecule has 1 nitrogen and oxygen atoms in total. The van der Waals surface area contributed by atoms with E-state index in [0.717, 1.165) is 19.4 Å². The van der Waals surface area contributed by atoms with Crippen LogP contribution in [-0.4, -0.2) is 6.54 Å². The molecule has 1 heterocycles. The summed E-state index contributed by atoms with van der Waals surface area (Å²) in [5.41, 5.74) is 2.84. The lowest BCUT2D eigenvalue weighted by Crippen LogP contribution is -2.22. The summed E-state index contributed by atoms with van der Waals surface area (Å²) in [4.78, 5) is 1.48. The highest BCUT2D eigenvalue weighted by Gasteiger charge is 2.11. The fourth-order valence-electron chi connectivity index (χ4n) is 2.43. The summed E-state index contributed by atoms with van der Waals surface area (Å²) in [6.07, 6.45) is 4.63. The van der Waals surface area contributed by atoms with Crippen molar-refractivity contribution in [2.24, 2.45) is 0 Å². The molecule has 0 bridgehead atoms. The van der Waals surface area contributed by atoms with Gasteiger partial charge in [-0.05, 0) is 54.8 Å². The Balaban J connectivity index is 2.01. The van der Waals surface area contributed by atoms with Crippen molar-refractivity contribution in [3.8, 4) is 0 Å². The van der Waals surface area contributed by atoms with Gasteiger partial charge in [0, 0.05) is 10.9 Å². The normalized spacial score (nSPS) is 12.5. The number of nitrogens with one attached hydrogen (secondary N) is 1. The van der Waals surface area contributed by atoms with Crippen LogP contribution in [0.2, 0.25) is 0 Å². The minimum absolute atomic E-state index is 0.475. The molecule has 0 spiro atoms. The van der Waals surface area contributed by atoms with Gasteiger partial charge in [-0.15, -0.1) is 11.3 Å². The van der Waals surface area contributed by atoms with E-state index in [9.17, 15) is 0 Å². The quantitative estimate of drug-likeness (QED) is 0.721. The van der Waals surface area contributed by atoms with Crippen LogP contribution < -0.4 is 5.32 Å². The third-order valence-electron chi connectivity index (χ3n) is 3.69. The Morgan fingerprint density at radius 3 is 2.50 bits per heavy atom. The van der Waals surface area contributed by atoms with Crippen LogP contribution in [0, 0.1) is 0 Å². The SMILES string of the molecule is CCCNC(CCc1cccs1)c1ccc(CC)cc1. The highest BCUT2D eigenvalue weighted by molar-refractivity contribution is 7.09. The molecule has 0 aliphatic carbocycles. The number of hydrogen-bond acceptors (Lipinski definition) is 2. The van der Waals surface area contributed by atoms with E-state index in [-0.39, 0.29) is 0 Å². The van der Waals surface area contributed by atoms with Crippen molar-refractivity contribution in [3.63, 3.8) is 0 Å². The van der Waals surface area contributed by atoms with E-state index in [0.29, 0.717) is 6.04 Å². The van der Waals surface area contributed by atoms with Crippen molar-refractivity contribution in [2.45, 2.75) is 45.6 Å². The van der Waals surface area contributed by atoms with Crippen LogP contribution in [0.3, 0.4) is 0 Å². The Morgan fingerprint density at radius 1 is 1.10 bits per heavy atom. The van der Waals surface area contributed by atoms with Gasteiger partial charge in [-0.2, -0.15) is 0 Å². The largest absolute Gasteiger partial charge is 0.310 e. The summed E-state index contributed by atoms with van der Waals surface area (Å²) in [6.45, 7) is 5.52. The first-order chi connectivity index (χ1) is 9.83. The molecule has 1 unspecified atom stereocenters. The topological polar surface area (TPSA) is 12.0 Å². The molecule has 1 N–H and O–H groups in total. The second-order valence-corrected chi connectivity index (χ2v) is 6.25. The second kappa shape index (κ2) is 8.23. The van der Waals surface area contributed by atoms with Crippen LogP contribution in [0.15, 0.2) is 41.8 Å². The van der Waals surface area contributed by atoms with Crippen LogP contribution in [0.4, 0.5) is 0 Å². The van der Waals surface area contributed by atoms with E-state index in [4.69, 9.17) is 0 Å². The number of benzene rings is 1. The van der Waals surface area contributed by atoms with Crippen molar-refractivity contribution < 1.29 is 0 Å². The average molecular weight is 287 g/mol. The van der Waals surface area contributed by atoms with Crippen molar-refractivity contribution in [2.75, 3.05) is 6.54 Å². The van der Waals surface area contributed by atoms with E-state index in [1.54, 1.807) is 0 Å². The molecule has 2 rings (SSSR count). The zero-order valence-corrected chi connectivity index (χ0v) is 13.4. The van der Waals surface area contributed by atoms with Crippen molar-refractivity contribution in [1.82, 2.24) is 5.32 Å².